The van der Waals surface area contributed by atoms with Gasteiger partial charge in [0.1, 0.15) is 0 Å². The molecule has 1 rings (SSSR count). The smallest absolute Gasteiger partial charge is 0.305 e. The van der Waals surface area contributed by atoms with Crippen molar-refractivity contribution in [3.63, 3.8) is 0 Å². The molecule has 0 aromatic heterocycles. The summed E-state index contributed by atoms with van der Waals surface area (Å²) >= 11 is 0. The molecule has 6 heteroatoms. The largest absolute Gasteiger partial charge is 0.396 e. The quantitative estimate of drug-likeness (QED) is 0.586. The number of nitrogens with one attached hydrogen (secondary N) is 1. The zero-order valence-corrected chi connectivity index (χ0v) is 9.52. The lowest BCUT2D eigenvalue weighted by Crippen LogP contribution is -2.26. The minimum absolute atomic E-state index is 0.0265. The van der Waals surface area contributed by atoms with Gasteiger partial charge in [0.2, 0.25) is 5.82 Å². The maximum Gasteiger partial charge on any atom is 0.305 e. The Morgan fingerprint density at radius 3 is 2.88 bits per heavy atom. The number of nitro groups is 1. The molecule has 1 atom stereocenters. The zero-order chi connectivity index (χ0) is 12.8. The van der Waals surface area contributed by atoms with Crippen LogP contribution in [0.15, 0.2) is 18.2 Å². The van der Waals surface area contributed by atoms with E-state index in [0.29, 0.717) is 6.42 Å². The van der Waals surface area contributed by atoms with Gasteiger partial charge in [0.05, 0.1) is 4.92 Å². The van der Waals surface area contributed by atoms with E-state index in [1.54, 1.807) is 0 Å². The highest BCUT2D eigenvalue weighted by Crippen LogP contribution is 2.20. The van der Waals surface area contributed by atoms with Crippen LogP contribution in [0.3, 0.4) is 0 Å². The number of nitrogens with zero attached hydrogens (tertiary/aromatic N) is 1. The van der Waals surface area contributed by atoms with Gasteiger partial charge in [0.25, 0.3) is 0 Å². The fourth-order valence-electron chi connectivity index (χ4n) is 1.42. The van der Waals surface area contributed by atoms with Crippen LogP contribution in [0.25, 0.3) is 0 Å². The van der Waals surface area contributed by atoms with Gasteiger partial charge < -0.3 is 10.4 Å². The van der Waals surface area contributed by atoms with Gasteiger partial charge in [-0.15, -0.1) is 0 Å². The lowest BCUT2D eigenvalue weighted by atomic mass is 10.1. The van der Waals surface area contributed by atoms with Gasteiger partial charge in [-0.3, -0.25) is 10.1 Å². The Morgan fingerprint density at radius 2 is 2.29 bits per heavy atom. The molecule has 1 aromatic carbocycles. The highest BCUT2D eigenvalue weighted by atomic mass is 19.1. The molecule has 0 amide bonds. The van der Waals surface area contributed by atoms with Crippen LogP contribution in [0, 0.1) is 15.9 Å². The van der Waals surface area contributed by atoms with Crippen LogP contribution < -0.4 is 5.32 Å². The SMILES string of the molecule is CC(CCO)NCc1cccc([N+](=O)[O-])c1F. The number of hydrogen-bond acceptors (Lipinski definition) is 4. The van der Waals surface area contributed by atoms with Crippen molar-refractivity contribution in [2.75, 3.05) is 6.61 Å². The molecule has 0 spiro atoms. The van der Waals surface area contributed by atoms with Crippen LogP contribution in [-0.2, 0) is 6.54 Å². The molecule has 5 nitrogen and oxygen atoms in total. The van der Waals surface area contributed by atoms with Gasteiger partial charge in [0, 0.05) is 30.8 Å². The van der Waals surface area contributed by atoms with E-state index in [1.807, 2.05) is 6.92 Å². The summed E-state index contributed by atoms with van der Waals surface area (Å²) < 4.78 is 13.6. The molecular formula is C11H15FN2O3. The van der Waals surface area contributed by atoms with Crippen molar-refractivity contribution in [1.82, 2.24) is 5.32 Å². The number of rotatable bonds is 6. The monoisotopic (exact) mass is 242 g/mol. The summed E-state index contributed by atoms with van der Waals surface area (Å²) in [6, 6.07) is 4.12. The molecule has 0 aliphatic heterocycles. The van der Waals surface area contributed by atoms with E-state index in [2.05, 4.69) is 5.32 Å². The summed E-state index contributed by atoms with van der Waals surface area (Å²) in [7, 11) is 0. The highest BCUT2D eigenvalue weighted by molar-refractivity contribution is 5.36. The Hall–Kier alpha value is -1.53. The molecule has 0 fully saturated rings. The normalized spacial score (nSPS) is 12.4. The lowest BCUT2D eigenvalue weighted by Gasteiger charge is -2.12. The molecule has 0 aliphatic rings. The first-order valence-corrected chi connectivity index (χ1v) is 5.32. The Kier molecular flexibility index (Phi) is 4.99. The van der Waals surface area contributed by atoms with E-state index < -0.39 is 16.4 Å². The lowest BCUT2D eigenvalue weighted by molar-refractivity contribution is -0.387. The number of aliphatic hydroxyl groups excluding tert-OH is 1. The molecule has 0 aliphatic carbocycles. The third kappa shape index (κ3) is 3.76. The van der Waals surface area contributed by atoms with E-state index in [9.17, 15) is 14.5 Å². The second kappa shape index (κ2) is 6.27. The maximum atomic E-state index is 13.6. The fourth-order valence-corrected chi connectivity index (χ4v) is 1.42. The van der Waals surface area contributed by atoms with Gasteiger partial charge >= 0.3 is 5.69 Å². The van der Waals surface area contributed by atoms with Gasteiger partial charge in [-0.2, -0.15) is 4.39 Å². The van der Waals surface area contributed by atoms with Crippen LogP contribution in [0.4, 0.5) is 10.1 Å². The number of hydrogen-bond donors (Lipinski definition) is 2. The average Bonchev–Trinajstić information content (AvgIpc) is 2.27. The first-order valence-electron chi connectivity index (χ1n) is 5.32. The molecule has 0 saturated heterocycles. The standard InChI is InChI=1S/C11H15FN2O3/c1-8(5-6-15)13-7-9-3-2-4-10(11(9)12)14(16)17/h2-4,8,13,15H,5-7H2,1H3. The third-order valence-electron chi connectivity index (χ3n) is 2.46. The second-order valence-electron chi connectivity index (χ2n) is 3.80. The summed E-state index contributed by atoms with van der Waals surface area (Å²) in [5.41, 5.74) is -0.261. The third-order valence-corrected chi connectivity index (χ3v) is 2.46. The summed E-state index contributed by atoms with van der Waals surface area (Å²) in [6.45, 7) is 2.10. The van der Waals surface area contributed by atoms with Crippen molar-refractivity contribution < 1.29 is 14.4 Å². The van der Waals surface area contributed by atoms with Crippen molar-refractivity contribution in [1.29, 1.82) is 0 Å². The zero-order valence-electron chi connectivity index (χ0n) is 9.52. The number of halogens is 1. The maximum absolute atomic E-state index is 13.6. The van der Waals surface area contributed by atoms with E-state index in [1.165, 1.54) is 12.1 Å². The van der Waals surface area contributed by atoms with Crippen LogP contribution in [0.2, 0.25) is 0 Å². The molecular weight excluding hydrogens is 227 g/mol. The van der Waals surface area contributed by atoms with E-state index >= 15 is 0 Å². The number of benzene rings is 1. The first kappa shape index (κ1) is 13.5. The highest BCUT2D eigenvalue weighted by Gasteiger charge is 2.17. The molecule has 0 heterocycles. The summed E-state index contributed by atoms with van der Waals surface area (Å²) in [6.07, 6.45) is 0.552. The topological polar surface area (TPSA) is 75.4 Å². The summed E-state index contributed by atoms with van der Waals surface area (Å²) in [5.74, 6) is -0.804. The van der Waals surface area contributed by atoms with E-state index in [0.717, 1.165) is 6.07 Å². The van der Waals surface area contributed by atoms with Gasteiger partial charge in [0.15, 0.2) is 0 Å². The van der Waals surface area contributed by atoms with Crippen LogP contribution in [0.1, 0.15) is 18.9 Å². The fraction of sp³-hybridized carbons (Fsp3) is 0.455. The van der Waals surface area contributed by atoms with Crippen LogP contribution in [0.5, 0.6) is 0 Å². The first-order chi connectivity index (χ1) is 8.06. The van der Waals surface area contributed by atoms with Crippen LogP contribution in [-0.4, -0.2) is 22.7 Å². The van der Waals surface area contributed by atoms with Gasteiger partial charge in [-0.1, -0.05) is 12.1 Å². The Labute approximate surface area is 98.4 Å². The van der Waals surface area contributed by atoms with E-state index in [4.69, 9.17) is 5.11 Å². The molecule has 0 radical (unpaired) electrons. The predicted octanol–water partition coefficient (Wildman–Crippen LogP) is 1.59. The van der Waals surface area contributed by atoms with Crippen molar-refractivity contribution in [3.8, 4) is 0 Å². The summed E-state index contributed by atoms with van der Waals surface area (Å²) in [4.78, 5) is 9.79. The summed E-state index contributed by atoms with van der Waals surface area (Å²) in [5, 5.41) is 22.2. The predicted molar refractivity (Wildman–Crippen MR) is 61.1 cm³/mol. The number of aliphatic hydroxyl groups is 1. The molecule has 2 N–H and O–H groups in total. The van der Waals surface area contributed by atoms with Gasteiger partial charge in [-0.05, 0) is 13.3 Å². The molecule has 1 unspecified atom stereocenters. The molecule has 17 heavy (non-hydrogen) atoms. The average molecular weight is 242 g/mol. The molecule has 94 valence electrons. The second-order valence-corrected chi connectivity index (χ2v) is 3.80. The van der Waals surface area contributed by atoms with Crippen LogP contribution >= 0.6 is 0 Å². The Morgan fingerprint density at radius 1 is 1.59 bits per heavy atom. The van der Waals surface area contributed by atoms with Crippen molar-refractivity contribution >= 4 is 5.69 Å². The molecule has 0 bridgehead atoms. The van der Waals surface area contributed by atoms with Crippen molar-refractivity contribution in [3.05, 3.63) is 39.7 Å². The van der Waals surface area contributed by atoms with Crippen molar-refractivity contribution in [2.45, 2.75) is 25.9 Å². The van der Waals surface area contributed by atoms with E-state index in [-0.39, 0.29) is 24.8 Å². The Balaban J connectivity index is 2.72. The molecule has 0 saturated carbocycles. The molecule has 1 aromatic rings. The number of nitro benzene ring substituents is 1. The minimum Gasteiger partial charge on any atom is -0.396 e. The van der Waals surface area contributed by atoms with Gasteiger partial charge in [-0.25, -0.2) is 0 Å². The minimum atomic E-state index is -0.804. The van der Waals surface area contributed by atoms with Crippen molar-refractivity contribution in [2.24, 2.45) is 0 Å². The Bertz CT molecular complexity index is 398.